The molecule has 1 atom stereocenters. The van der Waals surface area contributed by atoms with Gasteiger partial charge in [0.1, 0.15) is 12.7 Å². The monoisotopic (exact) mass is 355 g/mol. The van der Waals surface area contributed by atoms with Crippen LogP contribution in [0.2, 0.25) is 0 Å². The number of aromatic nitrogens is 3. The SMILES string of the molecule is Cc1cc(CNCC(C)n2cncn2)c(C)c(CN2CCC(C)CC2)c1. The molecule has 142 valence electrons. The van der Waals surface area contributed by atoms with Crippen LogP contribution in [0.5, 0.6) is 0 Å². The van der Waals surface area contributed by atoms with Crippen LogP contribution >= 0.6 is 0 Å². The summed E-state index contributed by atoms with van der Waals surface area (Å²) in [5, 5.41) is 7.81. The lowest BCUT2D eigenvalue weighted by atomic mass is 9.96. The van der Waals surface area contributed by atoms with E-state index in [2.05, 4.69) is 60.1 Å². The molecule has 0 radical (unpaired) electrons. The molecule has 1 unspecified atom stereocenters. The summed E-state index contributed by atoms with van der Waals surface area (Å²) in [5.74, 6) is 0.886. The minimum atomic E-state index is 0.303. The van der Waals surface area contributed by atoms with Crippen molar-refractivity contribution in [3.05, 3.63) is 47.0 Å². The molecule has 1 N–H and O–H groups in total. The van der Waals surface area contributed by atoms with Crippen LogP contribution < -0.4 is 5.32 Å². The van der Waals surface area contributed by atoms with Crippen molar-refractivity contribution < 1.29 is 0 Å². The molecule has 0 spiro atoms. The fourth-order valence-electron chi connectivity index (χ4n) is 3.78. The second-order valence-corrected chi connectivity index (χ2v) is 8.02. The molecule has 0 bridgehead atoms. The van der Waals surface area contributed by atoms with Gasteiger partial charge in [0.2, 0.25) is 0 Å². The molecule has 0 saturated carbocycles. The molecule has 2 aromatic rings. The summed E-state index contributed by atoms with van der Waals surface area (Å²) >= 11 is 0. The van der Waals surface area contributed by atoms with Crippen LogP contribution in [0.25, 0.3) is 0 Å². The number of rotatable bonds is 7. The van der Waals surface area contributed by atoms with E-state index in [1.807, 2.05) is 4.68 Å². The lowest BCUT2D eigenvalue weighted by molar-refractivity contribution is 0.185. The van der Waals surface area contributed by atoms with Gasteiger partial charge in [0.15, 0.2) is 0 Å². The Bertz CT molecular complexity index is 687. The van der Waals surface area contributed by atoms with Crippen LogP contribution in [0.4, 0.5) is 0 Å². The summed E-state index contributed by atoms with van der Waals surface area (Å²) in [6, 6.07) is 5.00. The van der Waals surface area contributed by atoms with Crippen molar-refractivity contribution in [3.63, 3.8) is 0 Å². The van der Waals surface area contributed by atoms with Gasteiger partial charge in [0, 0.05) is 19.6 Å². The van der Waals surface area contributed by atoms with Crippen molar-refractivity contribution >= 4 is 0 Å². The van der Waals surface area contributed by atoms with Crippen molar-refractivity contribution in [2.45, 2.75) is 59.7 Å². The summed E-state index contributed by atoms with van der Waals surface area (Å²) in [4.78, 5) is 6.64. The zero-order valence-corrected chi connectivity index (χ0v) is 16.7. The van der Waals surface area contributed by atoms with E-state index < -0.39 is 0 Å². The van der Waals surface area contributed by atoms with E-state index in [-0.39, 0.29) is 0 Å². The van der Waals surface area contributed by atoms with E-state index in [4.69, 9.17) is 0 Å². The zero-order valence-electron chi connectivity index (χ0n) is 16.7. The maximum atomic E-state index is 4.22. The number of aryl methyl sites for hydroxylation is 1. The third kappa shape index (κ3) is 4.92. The number of nitrogens with zero attached hydrogens (tertiary/aromatic N) is 4. The highest BCUT2D eigenvalue weighted by Gasteiger charge is 2.17. The number of hydrogen-bond acceptors (Lipinski definition) is 4. The van der Waals surface area contributed by atoms with Crippen molar-refractivity contribution in [3.8, 4) is 0 Å². The molecule has 1 saturated heterocycles. The van der Waals surface area contributed by atoms with Gasteiger partial charge in [-0.3, -0.25) is 4.90 Å². The van der Waals surface area contributed by atoms with E-state index in [1.165, 1.54) is 48.2 Å². The van der Waals surface area contributed by atoms with E-state index in [0.29, 0.717) is 6.04 Å². The molecule has 2 heterocycles. The average molecular weight is 356 g/mol. The lowest BCUT2D eigenvalue weighted by Crippen LogP contribution is -2.32. The van der Waals surface area contributed by atoms with E-state index in [9.17, 15) is 0 Å². The van der Waals surface area contributed by atoms with E-state index >= 15 is 0 Å². The first-order valence-corrected chi connectivity index (χ1v) is 9.89. The summed E-state index contributed by atoms with van der Waals surface area (Å²) in [7, 11) is 0. The van der Waals surface area contributed by atoms with Gasteiger partial charge < -0.3 is 5.32 Å². The second kappa shape index (κ2) is 8.78. The summed E-state index contributed by atoms with van der Waals surface area (Å²) in [5.41, 5.74) is 5.70. The standard InChI is InChI=1S/C21H33N5/c1-16-5-7-25(8-6-16)13-21-10-17(2)9-20(19(21)4)12-22-11-18(3)26-15-23-14-24-26/h9-10,14-16,18,22H,5-8,11-13H2,1-4H3. The third-order valence-corrected chi connectivity index (χ3v) is 5.68. The third-order valence-electron chi connectivity index (χ3n) is 5.68. The van der Waals surface area contributed by atoms with Crippen LogP contribution in [-0.2, 0) is 13.1 Å². The van der Waals surface area contributed by atoms with Gasteiger partial charge >= 0.3 is 0 Å². The quantitative estimate of drug-likeness (QED) is 0.826. The van der Waals surface area contributed by atoms with E-state index in [1.54, 1.807) is 12.7 Å². The molecular formula is C21H33N5. The largest absolute Gasteiger partial charge is 0.311 e. The Morgan fingerprint density at radius 3 is 2.62 bits per heavy atom. The zero-order chi connectivity index (χ0) is 18.5. The highest BCUT2D eigenvalue weighted by Crippen LogP contribution is 2.22. The first-order chi connectivity index (χ1) is 12.5. The molecule has 26 heavy (non-hydrogen) atoms. The van der Waals surface area contributed by atoms with Crippen molar-refractivity contribution in [1.82, 2.24) is 25.0 Å². The molecule has 1 aromatic carbocycles. The van der Waals surface area contributed by atoms with Gasteiger partial charge in [-0.05, 0) is 69.3 Å². The van der Waals surface area contributed by atoms with Crippen LogP contribution in [0.1, 0.15) is 55.0 Å². The Morgan fingerprint density at radius 2 is 1.92 bits per heavy atom. The van der Waals surface area contributed by atoms with Crippen LogP contribution in [0.15, 0.2) is 24.8 Å². The summed E-state index contributed by atoms with van der Waals surface area (Å²) < 4.78 is 1.90. The second-order valence-electron chi connectivity index (χ2n) is 8.02. The Balaban J connectivity index is 1.59. The number of benzene rings is 1. The van der Waals surface area contributed by atoms with Crippen LogP contribution in [0, 0.1) is 19.8 Å². The first kappa shape index (κ1) is 19.1. The van der Waals surface area contributed by atoms with Gasteiger partial charge in [0.25, 0.3) is 0 Å². The Morgan fingerprint density at radius 1 is 1.19 bits per heavy atom. The predicted octanol–water partition coefficient (Wildman–Crippen LogP) is 3.48. The molecule has 0 amide bonds. The molecular weight excluding hydrogens is 322 g/mol. The molecule has 0 aliphatic carbocycles. The van der Waals surface area contributed by atoms with Gasteiger partial charge in [-0.1, -0.05) is 24.6 Å². The van der Waals surface area contributed by atoms with Crippen molar-refractivity contribution in [1.29, 1.82) is 0 Å². The van der Waals surface area contributed by atoms with Gasteiger partial charge in [-0.15, -0.1) is 0 Å². The van der Waals surface area contributed by atoms with Crippen molar-refractivity contribution in [2.75, 3.05) is 19.6 Å². The van der Waals surface area contributed by atoms with E-state index in [0.717, 1.165) is 25.6 Å². The first-order valence-electron chi connectivity index (χ1n) is 9.89. The Labute approximate surface area is 157 Å². The smallest absolute Gasteiger partial charge is 0.137 e. The maximum Gasteiger partial charge on any atom is 0.137 e. The molecule has 1 aromatic heterocycles. The molecule has 3 rings (SSSR count). The number of likely N-dealkylation sites (tertiary alicyclic amines) is 1. The number of nitrogens with one attached hydrogen (secondary N) is 1. The molecule has 5 heteroatoms. The predicted molar refractivity (Wildman–Crippen MR) is 106 cm³/mol. The molecule has 5 nitrogen and oxygen atoms in total. The Kier molecular flexibility index (Phi) is 6.43. The normalized spacial score (nSPS) is 17.5. The topological polar surface area (TPSA) is 46.0 Å². The molecule has 1 fully saturated rings. The molecule has 1 aliphatic rings. The number of piperidine rings is 1. The highest BCUT2D eigenvalue weighted by molar-refractivity contribution is 5.38. The highest BCUT2D eigenvalue weighted by atomic mass is 15.3. The van der Waals surface area contributed by atoms with Crippen LogP contribution in [-0.4, -0.2) is 39.3 Å². The van der Waals surface area contributed by atoms with Crippen molar-refractivity contribution in [2.24, 2.45) is 5.92 Å². The van der Waals surface area contributed by atoms with Gasteiger partial charge in [-0.25, -0.2) is 9.67 Å². The minimum absolute atomic E-state index is 0.303. The summed E-state index contributed by atoms with van der Waals surface area (Å²) in [6.45, 7) is 14.4. The van der Waals surface area contributed by atoms with Gasteiger partial charge in [0.05, 0.1) is 6.04 Å². The fraction of sp³-hybridized carbons (Fsp3) is 0.619. The Hall–Kier alpha value is -1.72. The fourth-order valence-corrected chi connectivity index (χ4v) is 3.78. The summed E-state index contributed by atoms with van der Waals surface area (Å²) in [6.07, 6.45) is 6.04. The van der Waals surface area contributed by atoms with Gasteiger partial charge in [-0.2, -0.15) is 5.10 Å². The van der Waals surface area contributed by atoms with Crippen LogP contribution in [0.3, 0.4) is 0 Å². The average Bonchev–Trinajstić information content (AvgIpc) is 3.15. The number of hydrogen-bond donors (Lipinski definition) is 1. The molecule has 1 aliphatic heterocycles. The maximum absolute atomic E-state index is 4.22. The lowest BCUT2D eigenvalue weighted by Gasteiger charge is -2.31. The minimum Gasteiger partial charge on any atom is -0.311 e.